The van der Waals surface area contributed by atoms with E-state index >= 15 is 0 Å². The van der Waals surface area contributed by atoms with Gasteiger partial charge in [-0.25, -0.2) is 0 Å². The van der Waals surface area contributed by atoms with Gasteiger partial charge in [-0.3, -0.25) is 9.59 Å². The maximum absolute atomic E-state index is 13.3. The Hall–Kier alpha value is -4.32. The van der Waals surface area contributed by atoms with Crippen molar-refractivity contribution in [2.24, 2.45) is 0 Å². The average Bonchev–Trinajstić information content (AvgIpc) is 3.21. The first-order chi connectivity index (χ1) is 17.1. The molecule has 176 valence electrons. The van der Waals surface area contributed by atoms with Gasteiger partial charge in [0.05, 0.1) is 13.5 Å². The van der Waals surface area contributed by atoms with Crippen LogP contribution < -0.4 is 15.4 Å². The molecule has 3 aromatic carbocycles. The summed E-state index contributed by atoms with van der Waals surface area (Å²) in [5.41, 5.74) is 5.61. The Bertz CT molecular complexity index is 1400. The number of anilines is 1. The van der Waals surface area contributed by atoms with Crippen molar-refractivity contribution in [3.05, 3.63) is 101 Å². The van der Waals surface area contributed by atoms with E-state index < -0.39 is 6.04 Å². The van der Waals surface area contributed by atoms with E-state index in [9.17, 15) is 9.59 Å². The monoisotopic (exact) mass is 465 g/mol. The number of aromatic amines is 1. The number of ether oxygens (including phenoxy) is 1. The van der Waals surface area contributed by atoms with Crippen molar-refractivity contribution in [3.63, 3.8) is 0 Å². The molecule has 2 heterocycles. The number of allylic oxidation sites excluding steroid dienone is 1. The third-order valence-electron chi connectivity index (χ3n) is 6.26. The molecule has 0 aliphatic carbocycles. The van der Waals surface area contributed by atoms with Gasteiger partial charge in [-0.05, 0) is 59.5 Å². The van der Waals surface area contributed by atoms with Crippen LogP contribution in [-0.2, 0) is 28.9 Å². The third kappa shape index (κ3) is 5.11. The van der Waals surface area contributed by atoms with Crippen LogP contribution in [0.4, 0.5) is 5.69 Å². The second-order valence-electron chi connectivity index (χ2n) is 8.71. The van der Waals surface area contributed by atoms with Crippen LogP contribution in [0.1, 0.15) is 22.4 Å². The van der Waals surface area contributed by atoms with Gasteiger partial charge in [-0.2, -0.15) is 0 Å². The number of para-hydroxylation sites is 1. The Labute approximate surface area is 204 Å². The van der Waals surface area contributed by atoms with Gasteiger partial charge in [-0.1, -0.05) is 48.5 Å². The Morgan fingerprint density at radius 3 is 2.63 bits per heavy atom. The molecule has 0 spiro atoms. The van der Waals surface area contributed by atoms with Gasteiger partial charge in [0.25, 0.3) is 0 Å². The van der Waals surface area contributed by atoms with E-state index in [1.54, 1.807) is 31.4 Å². The first-order valence-electron chi connectivity index (χ1n) is 11.7. The number of fused-ring (bicyclic) bond motifs is 5. The van der Waals surface area contributed by atoms with Gasteiger partial charge in [0.1, 0.15) is 11.8 Å². The largest absolute Gasteiger partial charge is 0.497 e. The van der Waals surface area contributed by atoms with Crippen molar-refractivity contribution >= 4 is 34.5 Å². The minimum absolute atomic E-state index is 0.174. The van der Waals surface area contributed by atoms with E-state index in [1.165, 1.54) is 0 Å². The van der Waals surface area contributed by atoms with Gasteiger partial charge in [0, 0.05) is 28.7 Å². The standard InChI is InChI=1S/C29H27N3O3/c1-35-22-14-12-21(13-15-22)30-29(34)27-17-20-8-4-6-19(16-20)7-5-11-26-24(18-28(33)32-27)23-9-2-3-10-25(23)31-26/h2-6,8-16,27,31H,7,17-18H2,1H3,(H,30,34)(H,32,33)/b11-5+. The Morgan fingerprint density at radius 2 is 1.80 bits per heavy atom. The minimum Gasteiger partial charge on any atom is -0.497 e. The molecule has 1 aliphatic rings. The molecule has 6 nitrogen and oxygen atoms in total. The van der Waals surface area contributed by atoms with Gasteiger partial charge >= 0.3 is 0 Å². The number of carbonyl (C=O) groups excluding carboxylic acids is 2. The normalized spacial score (nSPS) is 16.7. The Balaban J connectivity index is 1.47. The number of hydrogen-bond acceptors (Lipinski definition) is 3. The molecular weight excluding hydrogens is 438 g/mol. The lowest BCUT2D eigenvalue weighted by molar-refractivity contribution is -0.126. The van der Waals surface area contributed by atoms with E-state index in [0.29, 0.717) is 17.9 Å². The number of carbonyl (C=O) groups is 2. The van der Waals surface area contributed by atoms with Crippen molar-refractivity contribution < 1.29 is 14.3 Å². The summed E-state index contributed by atoms with van der Waals surface area (Å²) < 4.78 is 5.19. The van der Waals surface area contributed by atoms with Crippen LogP contribution >= 0.6 is 0 Å². The highest BCUT2D eigenvalue weighted by Crippen LogP contribution is 2.25. The second-order valence-corrected chi connectivity index (χ2v) is 8.71. The molecule has 2 amide bonds. The number of benzene rings is 3. The lowest BCUT2D eigenvalue weighted by atomic mass is 10.0. The second kappa shape index (κ2) is 9.89. The fourth-order valence-corrected chi connectivity index (χ4v) is 4.50. The predicted molar refractivity (Wildman–Crippen MR) is 138 cm³/mol. The molecule has 2 bridgehead atoms. The van der Waals surface area contributed by atoms with E-state index in [-0.39, 0.29) is 18.2 Å². The van der Waals surface area contributed by atoms with Crippen LogP contribution in [0.3, 0.4) is 0 Å². The molecule has 1 aromatic heterocycles. The zero-order chi connectivity index (χ0) is 24.2. The first kappa shape index (κ1) is 22.5. The first-order valence-corrected chi connectivity index (χ1v) is 11.7. The number of methoxy groups -OCH3 is 1. The van der Waals surface area contributed by atoms with Crippen LogP contribution in [0.5, 0.6) is 5.75 Å². The van der Waals surface area contributed by atoms with Gasteiger partial charge in [0.15, 0.2) is 0 Å². The molecule has 1 aliphatic heterocycles. The van der Waals surface area contributed by atoms with Crippen molar-refractivity contribution in [1.82, 2.24) is 10.3 Å². The topological polar surface area (TPSA) is 83.2 Å². The summed E-state index contributed by atoms with van der Waals surface area (Å²) in [7, 11) is 1.60. The highest BCUT2D eigenvalue weighted by Gasteiger charge is 2.23. The van der Waals surface area contributed by atoms with Crippen molar-refractivity contribution in [1.29, 1.82) is 0 Å². The number of nitrogens with one attached hydrogen (secondary N) is 3. The fraction of sp³-hybridized carbons (Fsp3) is 0.172. The van der Waals surface area contributed by atoms with Gasteiger partial charge in [-0.15, -0.1) is 0 Å². The van der Waals surface area contributed by atoms with E-state index in [4.69, 9.17) is 4.74 Å². The lowest BCUT2D eigenvalue weighted by Gasteiger charge is -2.19. The summed E-state index contributed by atoms with van der Waals surface area (Å²) in [6.07, 6.45) is 5.48. The summed E-state index contributed by atoms with van der Waals surface area (Å²) in [4.78, 5) is 29.9. The summed E-state index contributed by atoms with van der Waals surface area (Å²) in [5.74, 6) is 0.245. The molecule has 3 N–H and O–H groups in total. The number of aromatic nitrogens is 1. The summed E-state index contributed by atoms with van der Waals surface area (Å²) in [6.45, 7) is 0. The van der Waals surface area contributed by atoms with Crippen LogP contribution in [0.25, 0.3) is 17.0 Å². The van der Waals surface area contributed by atoms with Crippen LogP contribution in [0.2, 0.25) is 0 Å². The van der Waals surface area contributed by atoms with Crippen LogP contribution in [0, 0.1) is 0 Å². The molecule has 1 unspecified atom stereocenters. The molecule has 0 fully saturated rings. The maximum Gasteiger partial charge on any atom is 0.247 e. The molecule has 1 atom stereocenters. The molecule has 35 heavy (non-hydrogen) atoms. The molecule has 5 rings (SSSR count). The zero-order valence-corrected chi connectivity index (χ0v) is 19.5. The average molecular weight is 466 g/mol. The molecule has 0 radical (unpaired) electrons. The van der Waals surface area contributed by atoms with Crippen molar-refractivity contribution in [2.75, 3.05) is 12.4 Å². The summed E-state index contributed by atoms with van der Waals surface area (Å²) >= 11 is 0. The van der Waals surface area contributed by atoms with Crippen LogP contribution in [0.15, 0.2) is 78.9 Å². The zero-order valence-electron chi connectivity index (χ0n) is 19.5. The van der Waals surface area contributed by atoms with E-state index in [2.05, 4.69) is 33.8 Å². The molecule has 0 saturated heterocycles. The summed E-state index contributed by atoms with van der Waals surface area (Å²) in [6, 6.07) is 22.5. The smallest absolute Gasteiger partial charge is 0.247 e. The highest BCUT2D eigenvalue weighted by molar-refractivity contribution is 5.98. The lowest BCUT2D eigenvalue weighted by Crippen LogP contribution is -2.45. The van der Waals surface area contributed by atoms with E-state index in [0.717, 1.165) is 39.7 Å². The van der Waals surface area contributed by atoms with Crippen molar-refractivity contribution in [3.8, 4) is 5.75 Å². The van der Waals surface area contributed by atoms with Gasteiger partial charge in [0.2, 0.25) is 11.8 Å². The summed E-state index contributed by atoms with van der Waals surface area (Å²) in [5, 5.41) is 6.93. The number of rotatable bonds is 3. The maximum atomic E-state index is 13.3. The van der Waals surface area contributed by atoms with Gasteiger partial charge < -0.3 is 20.4 Å². The fourth-order valence-electron chi connectivity index (χ4n) is 4.50. The number of amides is 2. The molecule has 4 aromatic rings. The molecule has 6 heteroatoms. The highest BCUT2D eigenvalue weighted by atomic mass is 16.5. The molecular formula is C29H27N3O3. The Kier molecular flexibility index (Phi) is 6.35. The van der Waals surface area contributed by atoms with E-state index in [1.807, 2.05) is 42.5 Å². The van der Waals surface area contributed by atoms with Crippen LogP contribution in [-0.4, -0.2) is 29.9 Å². The quantitative estimate of drug-likeness (QED) is 0.412. The third-order valence-corrected chi connectivity index (χ3v) is 6.26. The predicted octanol–water partition coefficient (Wildman–Crippen LogP) is 4.65. The minimum atomic E-state index is -0.720. The molecule has 0 saturated carbocycles. The number of H-pyrrole nitrogens is 1. The SMILES string of the molecule is COc1ccc(NC(=O)C2Cc3cccc(c3)C/C=C/c3[nH]c4ccccc4c3CC(=O)N2)cc1. The Morgan fingerprint density at radius 1 is 1.00 bits per heavy atom. The number of hydrogen-bond donors (Lipinski definition) is 3. The van der Waals surface area contributed by atoms with Crippen molar-refractivity contribution in [2.45, 2.75) is 25.3 Å².